The second kappa shape index (κ2) is 6.44. The molecule has 0 aromatic rings. The standard InChI is InChI=1S/C24H39NO6/c1-5-25-11-21(12-29-2)7-6-17(26)24-14-8-13-15(30-3)9-22(27,18(14)19(13)31-4)23(28,20(24)25)10-16(21)24/h13-20,26-28H,5-12H2,1-4H3/t13-,14-,15+,16?,17+,18-,19+,20-,21+,22-,23+,24-/m1/s1. The first-order valence-corrected chi connectivity index (χ1v) is 12.2. The number of likely N-dealkylation sites (N-methyl/N-ethyl adjacent to an activating group) is 1. The van der Waals surface area contributed by atoms with Crippen molar-refractivity contribution in [2.45, 2.75) is 74.6 Å². The average Bonchev–Trinajstić information content (AvgIpc) is 3.19. The summed E-state index contributed by atoms with van der Waals surface area (Å²) in [5.41, 5.74) is -3.11. The van der Waals surface area contributed by atoms with Gasteiger partial charge in [-0.25, -0.2) is 0 Å². The monoisotopic (exact) mass is 437 g/mol. The average molecular weight is 438 g/mol. The van der Waals surface area contributed by atoms with Crippen LogP contribution in [0.3, 0.4) is 0 Å². The summed E-state index contributed by atoms with van der Waals surface area (Å²) in [6.45, 7) is 4.43. The Balaban J connectivity index is 1.61. The molecule has 5 aliphatic carbocycles. The van der Waals surface area contributed by atoms with Crippen molar-refractivity contribution >= 4 is 0 Å². The van der Waals surface area contributed by atoms with E-state index in [2.05, 4.69) is 11.8 Å². The molecule has 0 radical (unpaired) electrons. The summed E-state index contributed by atoms with van der Waals surface area (Å²) >= 11 is 0. The molecule has 7 bridgehead atoms. The molecule has 6 rings (SSSR count). The van der Waals surface area contributed by atoms with Gasteiger partial charge in [0, 0.05) is 63.0 Å². The van der Waals surface area contributed by atoms with Gasteiger partial charge in [-0.15, -0.1) is 0 Å². The number of likely N-dealkylation sites (tertiary alicyclic amines) is 1. The van der Waals surface area contributed by atoms with Crippen LogP contribution in [0.15, 0.2) is 0 Å². The predicted octanol–water partition coefficient (Wildman–Crippen LogP) is 0.646. The maximum atomic E-state index is 12.6. The third-order valence-corrected chi connectivity index (χ3v) is 11.2. The van der Waals surface area contributed by atoms with Crippen LogP contribution in [0.25, 0.3) is 0 Å². The van der Waals surface area contributed by atoms with E-state index in [1.165, 1.54) is 0 Å². The van der Waals surface area contributed by atoms with Crippen LogP contribution in [-0.2, 0) is 14.2 Å². The zero-order valence-electron chi connectivity index (χ0n) is 19.3. The molecular weight excluding hydrogens is 398 g/mol. The molecule has 7 heteroatoms. The third kappa shape index (κ3) is 2.04. The third-order valence-electron chi connectivity index (χ3n) is 11.2. The van der Waals surface area contributed by atoms with Gasteiger partial charge in [-0.05, 0) is 44.1 Å². The van der Waals surface area contributed by atoms with Gasteiger partial charge < -0.3 is 29.5 Å². The fraction of sp³-hybridized carbons (Fsp3) is 1.00. The van der Waals surface area contributed by atoms with E-state index in [1.807, 2.05) is 0 Å². The lowest BCUT2D eigenvalue weighted by Crippen LogP contribution is -2.81. The van der Waals surface area contributed by atoms with Crippen LogP contribution in [0.5, 0.6) is 0 Å². The van der Waals surface area contributed by atoms with E-state index in [1.54, 1.807) is 21.3 Å². The lowest BCUT2D eigenvalue weighted by molar-refractivity contribution is -0.314. The Hall–Kier alpha value is -0.280. The summed E-state index contributed by atoms with van der Waals surface area (Å²) in [5, 5.41) is 36.9. The van der Waals surface area contributed by atoms with Crippen LogP contribution in [0, 0.1) is 34.5 Å². The van der Waals surface area contributed by atoms with Gasteiger partial charge in [0.1, 0.15) is 11.2 Å². The smallest absolute Gasteiger partial charge is 0.110 e. The minimum absolute atomic E-state index is 0.0960. The Morgan fingerprint density at radius 1 is 1.06 bits per heavy atom. The highest BCUT2D eigenvalue weighted by Crippen LogP contribution is 2.79. The maximum absolute atomic E-state index is 12.6. The van der Waals surface area contributed by atoms with Gasteiger partial charge >= 0.3 is 0 Å². The Kier molecular flexibility index (Phi) is 4.41. The van der Waals surface area contributed by atoms with Crippen molar-refractivity contribution in [1.82, 2.24) is 4.90 Å². The van der Waals surface area contributed by atoms with Crippen molar-refractivity contribution < 1.29 is 29.5 Å². The Morgan fingerprint density at radius 2 is 1.84 bits per heavy atom. The second-order valence-electron chi connectivity index (χ2n) is 11.6. The fourth-order valence-corrected chi connectivity index (χ4v) is 10.6. The van der Waals surface area contributed by atoms with Crippen LogP contribution in [0.2, 0.25) is 0 Å². The van der Waals surface area contributed by atoms with Crippen molar-refractivity contribution in [3.05, 3.63) is 0 Å². The van der Waals surface area contributed by atoms with Crippen molar-refractivity contribution in [2.24, 2.45) is 34.5 Å². The first-order valence-electron chi connectivity index (χ1n) is 12.2. The molecule has 7 nitrogen and oxygen atoms in total. The van der Waals surface area contributed by atoms with E-state index in [0.29, 0.717) is 19.4 Å². The summed E-state index contributed by atoms with van der Waals surface area (Å²) in [5.74, 6) is 0.249. The molecule has 1 saturated heterocycles. The Morgan fingerprint density at radius 3 is 2.48 bits per heavy atom. The van der Waals surface area contributed by atoms with Crippen LogP contribution >= 0.6 is 0 Å². The lowest BCUT2D eigenvalue weighted by Gasteiger charge is -2.70. The second-order valence-corrected chi connectivity index (χ2v) is 11.6. The van der Waals surface area contributed by atoms with Crippen molar-refractivity contribution in [2.75, 3.05) is 41.0 Å². The number of rotatable bonds is 5. The molecule has 1 heterocycles. The number of nitrogens with zero attached hydrogens (tertiary/aromatic N) is 1. The molecule has 12 atom stereocenters. The Labute approximate surface area is 185 Å². The van der Waals surface area contributed by atoms with E-state index in [0.717, 1.165) is 32.4 Å². The molecule has 176 valence electrons. The van der Waals surface area contributed by atoms with Gasteiger partial charge in [0.25, 0.3) is 0 Å². The number of piperidine rings is 1. The van der Waals surface area contributed by atoms with Gasteiger partial charge in [0.15, 0.2) is 0 Å². The summed E-state index contributed by atoms with van der Waals surface area (Å²) in [6, 6.07) is -0.242. The molecule has 1 aliphatic heterocycles. The van der Waals surface area contributed by atoms with E-state index < -0.39 is 22.7 Å². The number of ether oxygens (including phenoxy) is 3. The zero-order valence-corrected chi connectivity index (χ0v) is 19.3. The van der Waals surface area contributed by atoms with Crippen molar-refractivity contribution in [3.8, 4) is 0 Å². The summed E-state index contributed by atoms with van der Waals surface area (Å²) < 4.78 is 17.7. The van der Waals surface area contributed by atoms with Gasteiger partial charge in [-0.2, -0.15) is 0 Å². The molecule has 31 heavy (non-hydrogen) atoms. The topological polar surface area (TPSA) is 91.6 Å². The summed E-state index contributed by atoms with van der Waals surface area (Å²) in [7, 11) is 5.20. The molecule has 0 aromatic carbocycles. The molecule has 0 aromatic heterocycles. The zero-order chi connectivity index (χ0) is 22.0. The van der Waals surface area contributed by atoms with Crippen molar-refractivity contribution in [1.29, 1.82) is 0 Å². The van der Waals surface area contributed by atoms with Crippen LogP contribution in [0.1, 0.15) is 39.0 Å². The van der Waals surface area contributed by atoms with Gasteiger partial charge in [0.05, 0.1) is 24.9 Å². The van der Waals surface area contributed by atoms with Crippen LogP contribution in [0.4, 0.5) is 0 Å². The first-order chi connectivity index (χ1) is 14.8. The number of fused-ring (bicyclic) bond motifs is 2. The molecule has 0 amide bonds. The number of methoxy groups -OCH3 is 3. The largest absolute Gasteiger partial charge is 0.392 e. The summed E-state index contributed by atoms with van der Waals surface area (Å²) in [6.07, 6.45) is 2.70. The van der Waals surface area contributed by atoms with Crippen LogP contribution in [-0.4, -0.2) is 96.8 Å². The van der Waals surface area contributed by atoms with Gasteiger partial charge in [0.2, 0.25) is 0 Å². The molecule has 6 aliphatic rings. The molecule has 6 fully saturated rings. The van der Waals surface area contributed by atoms with E-state index >= 15 is 0 Å². The fourth-order valence-electron chi connectivity index (χ4n) is 10.6. The van der Waals surface area contributed by atoms with Gasteiger partial charge in [-0.1, -0.05) is 6.92 Å². The number of aliphatic hydroxyl groups excluding tert-OH is 1. The van der Waals surface area contributed by atoms with E-state index in [4.69, 9.17) is 14.2 Å². The van der Waals surface area contributed by atoms with E-state index in [-0.39, 0.29) is 47.3 Å². The maximum Gasteiger partial charge on any atom is 0.110 e. The lowest BCUT2D eigenvalue weighted by atomic mass is 9.42. The molecular formula is C24H39NO6. The highest BCUT2D eigenvalue weighted by atomic mass is 16.5. The number of aliphatic hydroxyl groups is 3. The first kappa shape index (κ1) is 21.3. The molecule has 1 unspecified atom stereocenters. The number of hydrogen-bond acceptors (Lipinski definition) is 7. The Bertz CT molecular complexity index is 766. The molecule has 5 saturated carbocycles. The van der Waals surface area contributed by atoms with Crippen LogP contribution < -0.4 is 0 Å². The minimum atomic E-state index is -1.29. The molecule has 1 spiro atoms. The highest BCUT2D eigenvalue weighted by molar-refractivity contribution is 5.38. The van der Waals surface area contributed by atoms with Gasteiger partial charge in [-0.3, -0.25) is 4.90 Å². The number of hydrogen-bond donors (Lipinski definition) is 3. The minimum Gasteiger partial charge on any atom is -0.392 e. The summed E-state index contributed by atoms with van der Waals surface area (Å²) in [4.78, 5) is 2.38. The molecule has 3 N–H and O–H groups in total. The normalized spacial score (nSPS) is 61.6. The quantitative estimate of drug-likeness (QED) is 0.582. The van der Waals surface area contributed by atoms with E-state index in [9.17, 15) is 15.3 Å². The SMILES string of the molecule is CCN1C[C@]2(COC)CC[C@H](O)[C@@]34C2C[C@](O)([C@@H]13)[C@@]1(O)C[C@H](OC)[C@H]2C[C@@H]4[C@@H]1[C@H]2OC. The van der Waals surface area contributed by atoms with Crippen molar-refractivity contribution in [3.63, 3.8) is 0 Å². The predicted molar refractivity (Wildman–Crippen MR) is 112 cm³/mol. The highest BCUT2D eigenvalue weighted by Gasteiger charge is 2.88.